The van der Waals surface area contributed by atoms with E-state index in [-0.39, 0.29) is 46.4 Å². The van der Waals surface area contributed by atoms with Crippen molar-refractivity contribution in [3.05, 3.63) is 182 Å². The van der Waals surface area contributed by atoms with Crippen LogP contribution in [0.25, 0.3) is 10.9 Å². The maximum Gasteiger partial charge on any atom is 0.335 e. The number of carbonyl (C=O) groups excluding carboxylic acids is 2. The normalized spacial score (nSPS) is 16.0. The van der Waals surface area contributed by atoms with Crippen molar-refractivity contribution in [3.8, 4) is 5.75 Å². The van der Waals surface area contributed by atoms with Gasteiger partial charge in [0.2, 0.25) is 0 Å². The molecule has 0 spiro atoms. The lowest BCUT2D eigenvalue weighted by Crippen LogP contribution is -2.35. The zero-order valence-corrected chi connectivity index (χ0v) is 45.3. The van der Waals surface area contributed by atoms with Crippen molar-refractivity contribution in [1.82, 2.24) is 14.9 Å². The predicted molar refractivity (Wildman–Crippen MR) is 292 cm³/mol. The number of alkyl halides is 1. The van der Waals surface area contributed by atoms with E-state index in [9.17, 15) is 34.6 Å². The number of halogens is 1. The third-order valence-electron chi connectivity index (χ3n) is 14.1. The number of carboxylic acids is 1. The second-order valence-corrected chi connectivity index (χ2v) is 21.6. The van der Waals surface area contributed by atoms with Crippen molar-refractivity contribution < 1.29 is 32.9 Å². The smallest absolute Gasteiger partial charge is 0.335 e. The molecule has 1 aliphatic heterocycles. The standard InChI is InChI=1S/C25H32O2.C20H18N2O4.C13H19NO.CH3IO/c1-16-14-20-21(24(4,5)13-12-23(20,2)3)15-19(16)25(6,7)18-10-8-17(9-11-18)22(26)27;1-13(23)11-21-19(25)17-18(24)15-9-5-6-10-16(15)22(20(17)26)12-14-7-3-2-4-8-14;1-10-8-11(2)14(15)13(9-10)12-6-4-3-5-7-12;1-2-3/h8-11,14-15H,12-13H2,1-7H3,(H,26,27);2-10,24H,11-12H2,1H3,(H,21,25);8-9,12,15H,2-7H2,1H3;1H3. The number of aryl methyl sites for hydroxylation is 1. The van der Waals surface area contributed by atoms with Gasteiger partial charge in [0.25, 0.3) is 11.5 Å². The predicted octanol–water partition coefficient (Wildman–Crippen LogP) is 13.0. The summed E-state index contributed by atoms with van der Waals surface area (Å²) in [6.45, 7) is 23.4. The molecular weight excluding hydrogens is 1010 g/mol. The van der Waals surface area contributed by atoms with E-state index in [0.717, 1.165) is 16.8 Å². The highest BCUT2D eigenvalue weighted by atomic mass is 127. The fraction of sp³-hybridized carbons (Fsp3) is 0.390. The maximum atomic E-state index is 13.0. The van der Waals surface area contributed by atoms with Gasteiger partial charge in [-0.25, -0.2) is 9.86 Å². The molecule has 5 aromatic rings. The van der Waals surface area contributed by atoms with Crippen LogP contribution < -0.4 is 10.9 Å². The zero-order chi connectivity index (χ0) is 52.4. The van der Waals surface area contributed by atoms with Crippen LogP contribution in [-0.4, -0.2) is 54.2 Å². The lowest BCUT2D eigenvalue weighted by atomic mass is 9.61. The Hall–Kier alpha value is -5.99. The number of hydroxylamine groups is 2. The number of amides is 1. The van der Waals surface area contributed by atoms with Crippen LogP contribution in [0.5, 0.6) is 5.75 Å². The van der Waals surface area contributed by atoms with Crippen molar-refractivity contribution in [1.29, 1.82) is 0 Å². The zero-order valence-electron chi connectivity index (χ0n) is 43.1. The molecule has 4 aromatic carbocycles. The van der Waals surface area contributed by atoms with Crippen LogP contribution in [0.4, 0.5) is 0 Å². The third kappa shape index (κ3) is 13.5. The number of aromatic nitrogens is 1. The number of ketones is 1. The summed E-state index contributed by atoms with van der Waals surface area (Å²) in [6, 6.07) is 28.4. The van der Waals surface area contributed by atoms with Gasteiger partial charge in [0.1, 0.15) is 38.3 Å². The maximum absolute atomic E-state index is 13.0. The molecular formula is C59H72IN3O8. The van der Waals surface area contributed by atoms with E-state index < -0.39 is 38.6 Å². The number of nitrogens with zero attached hydrogens (tertiary/aromatic N) is 2. The molecule has 1 fully saturated rings. The molecule has 0 atom stereocenters. The fourth-order valence-electron chi connectivity index (χ4n) is 9.91. The molecule has 1 saturated carbocycles. The number of fused-ring (bicyclic) bond motifs is 2. The summed E-state index contributed by atoms with van der Waals surface area (Å²) in [5.41, 5.74) is 10.6. The van der Waals surface area contributed by atoms with Crippen LogP contribution in [0, 0.1) is 12.8 Å². The largest absolute Gasteiger partial charge is 0.506 e. The number of Topliss-reactive ketones (excluding diaryl/α,β-unsaturated/α-hetero) is 1. The molecule has 71 heavy (non-hydrogen) atoms. The highest BCUT2D eigenvalue weighted by Gasteiger charge is 2.39. The van der Waals surface area contributed by atoms with Crippen LogP contribution in [0.3, 0.4) is 0 Å². The molecule has 12 heteroatoms. The topological polar surface area (TPSA) is 166 Å². The Morgan fingerprint density at radius 3 is 1.99 bits per heavy atom. The number of para-hydroxylation sites is 1. The summed E-state index contributed by atoms with van der Waals surface area (Å²) in [4.78, 5) is 49.3. The van der Waals surface area contributed by atoms with Gasteiger partial charge in [0.05, 0.1) is 29.9 Å². The summed E-state index contributed by atoms with van der Waals surface area (Å²) in [5, 5.41) is 33.6. The first kappa shape index (κ1) is 55.9. The molecule has 0 saturated heterocycles. The second-order valence-electron chi connectivity index (χ2n) is 20.7. The number of benzene rings is 4. The SMILES string of the molecule is C=C1C=C(C)C=C(C2CCCCC2)N1O.CC(=O)CNC(=O)c1c(O)c2ccccc2n(Cc2ccccc2)c1=O.CI=O.Cc1cc2c(cc1C(C)(C)c1ccc(C(=O)O)cc1)C(C)(C)CCC2(C)C. The van der Waals surface area contributed by atoms with E-state index in [4.69, 9.17) is 3.07 Å². The molecule has 0 bridgehead atoms. The highest BCUT2D eigenvalue weighted by Crippen LogP contribution is 2.48. The first-order valence-corrected chi connectivity index (χ1v) is 27.3. The van der Waals surface area contributed by atoms with Gasteiger partial charge in [-0.3, -0.25) is 22.7 Å². The van der Waals surface area contributed by atoms with E-state index in [1.54, 1.807) is 41.3 Å². The molecule has 11 nitrogen and oxygen atoms in total. The number of pyridine rings is 1. The molecule has 3 aliphatic rings. The Bertz CT molecular complexity index is 2890. The number of aromatic hydroxyl groups is 1. The number of carbonyl (C=O) groups is 3. The molecule has 2 heterocycles. The van der Waals surface area contributed by atoms with Crippen molar-refractivity contribution in [3.63, 3.8) is 0 Å². The van der Waals surface area contributed by atoms with Gasteiger partial charge in [-0.1, -0.05) is 134 Å². The number of hydrogen-bond donors (Lipinski definition) is 4. The summed E-state index contributed by atoms with van der Waals surface area (Å²) in [7, 11) is 0. The summed E-state index contributed by atoms with van der Waals surface area (Å²) in [6.07, 6.45) is 12.7. The Morgan fingerprint density at radius 1 is 0.845 bits per heavy atom. The van der Waals surface area contributed by atoms with Crippen molar-refractivity contribution in [2.24, 2.45) is 5.92 Å². The fourth-order valence-corrected chi connectivity index (χ4v) is 9.91. The van der Waals surface area contributed by atoms with Crippen LogP contribution >= 0.6 is 21.2 Å². The Balaban J connectivity index is 0.000000200. The lowest BCUT2D eigenvalue weighted by molar-refractivity contribution is -0.116. The second kappa shape index (κ2) is 24.0. The van der Waals surface area contributed by atoms with Gasteiger partial charge in [-0.2, -0.15) is 0 Å². The van der Waals surface area contributed by atoms with Crippen molar-refractivity contribution in [2.45, 2.75) is 130 Å². The molecule has 8 rings (SSSR count). The number of allylic oxidation sites excluding steroid dienone is 4. The van der Waals surface area contributed by atoms with E-state index >= 15 is 0 Å². The van der Waals surface area contributed by atoms with Gasteiger partial charge in [0.15, 0.2) is 0 Å². The molecule has 0 radical (unpaired) electrons. The summed E-state index contributed by atoms with van der Waals surface area (Å²) in [5.74, 6) is -1.76. The van der Waals surface area contributed by atoms with Gasteiger partial charge < -0.3 is 20.1 Å². The Morgan fingerprint density at radius 2 is 1.41 bits per heavy atom. The molecule has 4 N–H and O–H groups in total. The first-order valence-electron chi connectivity index (χ1n) is 24.3. The molecule has 1 amide bonds. The number of nitrogens with one attached hydrogen (secondary N) is 1. The van der Waals surface area contributed by atoms with E-state index in [1.165, 1.54) is 89.3 Å². The average Bonchev–Trinajstić information content (AvgIpc) is 3.33. The van der Waals surface area contributed by atoms with Gasteiger partial charge >= 0.3 is 5.97 Å². The van der Waals surface area contributed by atoms with Crippen molar-refractivity contribution in [2.75, 3.05) is 11.5 Å². The molecule has 378 valence electrons. The van der Waals surface area contributed by atoms with E-state index in [1.807, 2.05) is 48.5 Å². The minimum absolute atomic E-state index is 0.177. The Labute approximate surface area is 430 Å². The third-order valence-corrected chi connectivity index (χ3v) is 14.1. The highest BCUT2D eigenvalue weighted by molar-refractivity contribution is 14.1. The lowest BCUT2D eigenvalue weighted by Gasteiger charge is -2.43. The van der Waals surface area contributed by atoms with Crippen LogP contribution in [-0.2, 0) is 30.7 Å². The number of aromatic carboxylic acids is 1. The minimum atomic E-state index is -0.881. The van der Waals surface area contributed by atoms with Crippen molar-refractivity contribution >= 4 is 49.8 Å². The van der Waals surface area contributed by atoms with Gasteiger partial charge in [0, 0.05) is 27.3 Å². The van der Waals surface area contributed by atoms with Crippen LogP contribution in [0.2, 0.25) is 0 Å². The molecule has 2 aliphatic carbocycles. The van der Waals surface area contributed by atoms with E-state index in [0.29, 0.717) is 28.1 Å². The number of rotatable bonds is 9. The number of carboxylic acid groups (broad SMARTS) is 1. The Kier molecular flexibility index (Phi) is 18.9. The number of hydrogen-bond acceptors (Lipinski definition) is 8. The van der Waals surface area contributed by atoms with E-state index in [2.05, 4.69) is 85.5 Å². The molecule has 1 aromatic heterocycles. The minimum Gasteiger partial charge on any atom is -0.506 e. The summed E-state index contributed by atoms with van der Waals surface area (Å²) >= 11 is -0.660. The first-order chi connectivity index (χ1) is 33.4. The average molecular weight is 1080 g/mol. The van der Waals surface area contributed by atoms with Gasteiger partial charge in [-0.15, -0.1) is 0 Å². The molecule has 0 unspecified atom stereocenters. The van der Waals surface area contributed by atoms with Gasteiger partial charge in [-0.05, 0) is 133 Å². The monoisotopic (exact) mass is 1080 g/mol. The quantitative estimate of drug-likeness (QED) is 0.0830. The van der Waals surface area contributed by atoms with Crippen LogP contribution in [0.1, 0.15) is 154 Å². The van der Waals surface area contributed by atoms with Crippen LogP contribution in [0.15, 0.2) is 131 Å². The summed E-state index contributed by atoms with van der Waals surface area (Å²) < 4.78 is 10.5.